The third-order valence-electron chi connectivity index (χ3n) is 15.0. The molecule has 0 bridgehead atoms. The lowest BCUT2D eigenvalue weighted by Gasteiger charge is -2.33. The van der Waals surface area contributed by atoms with E-state index in [4.69, 9.17) is 24.2 Å². The fourth-order valence-electron chi connectivity index (χ4n) is 11.6. The third-order valence-corrected chi connectivity index (χ3v) is 15.0. The number of benzene rings is 4. The number of ether oxygens (including phenoxy) is 3. The first-order chi connectivity index (χ1) is 31.8. The number of nitrogens with zero attached hydrogens (tertiary/aromatic N) is 4. The monoisotopic (exact) mass is 896 g/mol. The molecule has 10 rings (SSSR count). The second-order valence-electron chi connectivity index (χ2n) is 19.9. The molecule has 2 aromatic heterocycles. The van der Waals surface area contributed by atoms with Crippen LogP contribution in [0.1, 0.15) is 96.4 Å². The van der Waals surface area contributed by atoms with E-state index < -0.39 is 24.3 Å². The molecule has 346 valence electrons. The van der Waals surface area contributed by atoms with Gasteiger partial charge in [-0.3, -0.25) is 9.59 Å². The Kier molecular flexibility index (Phi) is 11.4. The fourth-order valence-corrected chi connectivity index (χ4v) is 11.6. The van der Waals surface area contributed by atoms with Crippen molar-refractivity contribution in [3.05, 3.63) is 72.3 Å². The van der Waals surface area contributed by atoms with Gasteiger partial charge in [0.05, 0.1) is 55.0 Å². The minimum atomic E-state index is -0.747. The number of imidazole rings is 2. The number of likely N-dealkylation sites (tertiary alicyclic amines) is 2. The van der Waals surface area contributed by atoms with Crippen LogP contribution in [-0.2, 0) is 23.8 Å². The molecule has 3 saturated heterocycles. The molecule has 15 heteroatoms. The van der Waals surface area contributed by atoms with E-state index in [0.717, 1.165) is 112 Å². The number of carbonyl (C=O) groups excluding carboxylic acids is 4. The molecule has 0 unspecified atom stereocenters. The van der Waals surface area contributed by atoms with E-state index in [1.807, 2.05) is 37.5 Å². The molecular weight excluding hydrogens is 837 g/mol. The predicted octanol–water partition coefficient (Wildman–Crippen LogP) is 8.69. The van der Waals surface area contributed by atoms with Crippen LogP contribution < -0.4 is 10.6 Å². The van der Waals surface area contributed by atoms with E-state index in [9.17, 15) is 19.2 Å². The zero-order chi connectivity index (χ0) is 46.0. The van der Waals surface area contributed by atoms with Crippen LogP contribution in [0, 0.1) is 23.2 Å². The van der Waals surface area contributed by atoms with Gasteiger partial charge in [-0.25, -0.2) is 19.6 Å². The first kappa shape index (κ1) is 43.7. The Balaban J connectivity index is 0.939. The number of H-pyrrole nitrogens is 2. The van der Waals surface area contributed by atoms with Crippen LogP contribution in [-0.4, -0.2) is 106 Å². The maximum absolute atomic E-state index is 14.3. The van der Waals surface area contributed by atoms with Crippen molar-refractivity contribution in [1.29, 1.82) is 0 Å². The summed E-state index contributed by atoms with van der Waals surface area (Å²) in [6, 6.07) is 19.4. The van der Waals surface area contributed by atoms with Crippen LogP contribution in [0.4, 0.5) is 9.59 Å². The molecule has 3 aliphatic heterocycles. The van der Waals surface area contributed by atoms with Crippen LogP contribution in [0.2, 0.25) is 0 Å². The second-order valence-corrected chi connectivity index (χ2v) is 19.9. The number of rotatable bonds is 9. The van der Waals surface area contributed by atoms with E-state index in [0.29, 0.717) is 25.5 Å². The van der Waals surface area contributed by atoms with Crippen LogP contribution in [0.5, 0.6) is 0 Å². The molecule has 4 amide bonds. The quantitative estimate of drug-likeness (QED) is 0.110. The molecule has 4 fully saturated rings. The van der Waals surface area contributed by atoms with Crippen molar-refractivity contribution in [2.45, 2.75) is 103 Å². The largest absolute Gasteiger partial charge is 0.453 e. The van der Waals surface area contributed by atoms with Crippen molar-refractivity contribution >= 4 is 67.6 Å². The summed E-state index contributed by atoms with van der Waals surface area (Å²) in [5.41, 5.74) is 5.47. The normalized spacial score (nSPS) is 23.9. The molecule has 4 N–H and O–H groups in total. The fraction of sp³-hybridized carbons (Fsp3) is 0.490. The number of alkyl carbamates (subject to hydrolysis) is 2. The second kappa shape index (κ2) is 17.2. The summed E-state index contributed by atoms with van der Waals surface area (Å²) in [6.45, 7) is 9.56. The smallest absolute Gasteiger partial charge is 0.407 e. The number of carbonyl (C=O) groups is 4. The number of nitrogens with one attached hydrogen (secondary N) is 4. The lowest BCUT2D eigenvalue weighted by atomic mass is 9.80. The van der Waals surface area contributed by atoms with Gasteiger partial charge in [-0.15, -0.1) is 0 Å². The zero-order valence-corrected chi connectivity index (χ0v) is 38.6. The van der Waals surface area contributed by atoms with Gasteiger partial charge in [-0.2, -0.15) is 0 Å². The van der Waals surface area contributed by atoms with Crippen molar-refractivity contribution in [3.63, 3.8) is 0 Å². The van der Waals surface area contributed by atoms with Crippen molar-refractivity contribution in [2.75, 3.05) is 34.0 Å². The SMILES string of the molecule is COC(=O)N[C@H](C(=O)N1C[C@]2(CCCOC2)C[C@H]1c1nc2c(ccc3cc(-c4ccc5c(ccc6[nH]c([C@@H]7C[C@@H]8CCC[C@@H]8N7C(=O)[C@@H](NC(=O)OC)C(C)C)nc65)c4)ccc32)[nH]1)C(C)C. The maximum Gasteiger partial charge on any atom is 0.407 e. The number of aromatic amines is 2. The van der Waals surface area contributed by atoms with Crippen molar-refractivity contribution in [2.24, 2.45) is 23.2 Å². The summed E-state index contributed by atoms with van der Waals surface area (Å²) in [5, 5.41) is 9.72. The number of fused-ring (bicyclic) bond motifs is 7. The van der Waals surface area contributed by atoms with E-state index in [1.165, 1.54) is 14.2 Å². The Bertz CT molecular complexity index is 2860. The summed E-state index contributed by atoms with van der Waals surface area (Å²) < 4.78 is 15.8. The van der Waals surface area contributed by atoms with Gasteiger partial charge in [-0.1, -0.05) is 70.5 Å². The van der Waals surface area contributed by atoms with E-state index >= 15 is 0 Å². The van der Waals surface area contributed by atoms with Gasteiger partial charge >= 0.3 is 12.2 Å². The maximum atomic E-state index is 14.3. The van der Waals surface area contributed by atoms with Gasteiger partial charge in [0, 0.05) is 35.4 Å². The summed E-state index contributed by atoms with van der Waals surface area (Å²) in [4.78, 5) is 74.8. The molecule has 4 aromatic carbocycles. The molecule has 1 spiro atoms. The molecule has 5 heterocycles. The molecule has 0 radical (unpaired) electrons. The number of hydrogen-bond donors (Lipinski definition) is 4. The molecule has 6 aromatic rings. The van der Waals surface area contributed by atoms with Crippen molar-refractivity contribution < 1.29 is 33.4 Å². The first-order valence-electron chi connectivity index (χ1n) is 23.6. The Morgan fingerprint density at radius 2 is 1.32 bits per heavy atom. The van der Waals surface area contributed by atoms with E-state index in [-0.39, 0.29) is 47.2 Å². The standard InChI is InChI=1S/C51H60N8O7/c1-27(2)41(56-49(62)64-5)47(60)58-25-51(19-8-20-66-26-51)24-40(58)46-53-37-18-14-32-22-30(12-16-35(32)44(37)55-46)29-11-15-34-31(21-29)13-17-36-43(34)54-45(52-36)39-23-33-9-7-10-38(33)59(39)48(61)42(28(3)4)57-50(63)65-6/h11-18,21-22,27-28,33,38-42H,7-10,19-20,23-26H2,1-6H3,(H,52,54)(H,53,55)(H,56,62)(H,57,63)/t33-,38-,39-,40-,41-,42-,51-/m0/s1. The topological polar surface area (TPSA) is 184 Å². The summed E-state index contributed by atoms with van der Waals surface area (Å²) in [7, 11) is 2.62. The molecule has 66 heavy (non-hydrogen) atoms. The lowest BCUT2D eigenvalue weighted by Crippen LogP contribution is -2.53. The summed E-state index contributed by atoms with van der Waals surface area (Å²) in [5.74, 6) is 1.39. The highest BCUT2D eigenvalue weighted by molar-refractivity contribution is 6.07. The van der Waals surface area contributed by atoms with Gasteiger partial charge in [0.15, 0.2) is 0 Å². The highest BCUT2D eigenvalue weighted by Gasteiger charge is 2.51. The third kappa shape index (κ3) is 7.68. The summed E-state index contributed by atoms with van der Waals surface area (Å²) >= 11 is 0. The zero-order valence-electron chi connectivity index (χ0n) is 38.6. The Hall–Kier alpha value is -6.22. The van der Waals surface area contributed by atoms with Gasteiger partial charge < -0.3 is 44.6 Å². The molecule has 1 aliphatic carbocycles. The highest BCUT2D eigenvalue weighted by atomic mass is 16.5. The molecule has 1 saturated carbocycles. The van der Waals surface area contributed by atoms with Gasteiger partial charge in [0.2, 0.25) is 11.8 Å². The predicted molar refractivity (Wildman–Crippen MR) is 251 cm³/mol. The van der Waals surface area contributed by atoms with Crippen LogP contribution in [0.15, 0.2) is 60.7 Å². The average molecular weight is 897 g/mol. The molecule has 7 atom stereocenters. The Labute approximate surface area is 383 Å². The minimum Gasteiger partial charge on any atom is -0.453 e. The van der Waals surface area contributed by atoms with Gasteiger partial charge in [0.25, 0.3) is 0 Å². The van der Waals surface area contributed by atoms with E-state index in [1.54, 1.807) is 0 Å². The number of aromatic nitrogens is 4. The molecular formula is C51H60N8O7. The van der Waals surface area contributed by atoms with Crippen LogP contribution >= 0.6 is 0 Å². The highest BCUT2D eigenvalue weighted by Crippen LogP contribution is 2.49. The van der Waals surface area contributed by atoms with Crippen LogP contribution in [0.3, 0.4) is 0 Å². The lowest BCUT2D eigenvalue weighted by molar-refractivity contribution is -0.138. The first-order valence-corrected chi connectivity index (χ1v) is 23.6. The number of hydrogen-bond acceptors (Lipinski definition) is 9. The van der Waals surface area contributed by atoms with Crippen LogP contribution in [0.25, 0.3) is 54.7 Å². The molecule has 4 aliphatic rings. The van der Waals surface area contributed by atoms with Crippen molar-refractivity contribution in [1.82, 2.24) is 40.4 Å². The van der Waals surface area contributed by atoms with E-state index in [2.05, 4.69) is 81.3 Å². The Morgan fingerprint density at radius 1 is 0.742 bits per heavy atom. The van der Waals surface area contributed by atoms with Gasteiger partial charge in [0.1, 0.15) is 23.7 Å². The molecule has 15 nitrogen and oxygen atoms in total. The Morgan fingerprint density at radius 3 is 1.86 bits per heavy atom. The minimum absolute atomic E-state index is 0.0877. The number of methoxy groups -OCH3 is 2. The summed E-state index contributed by atoms with van der Waals surface area (Å²) in [6.07, 6.45) is 5.30. The van der Waals surface area contributed by atoms with Gasteiger partial charge in [-0.05, 0) is 102 Å². The number of amides is 4. The average Bonchev–Trinajstić information content (AvgIpc) is 4.17. The van der Waals surface area contributed by atoms with Crippen molar-refractivity contribution in [3.8, 4) is 11.1 Å².